The number of aromatic amines is 1. The maximum absolute atomic E-state index is 11.6. The second-order valence-corrected chi connectivity index (χ2v) is 5.14. The molecule has 1 amide bonds. The van der Waals surface area contributed by atoms with Crippen molar-refractivity contribution in [3.63, 3.8) is 0 Å². The molecule has 0 saturated heterocycles. The summed E-state index contributed by atoms with van der Waals surface area (Å²) in [4.78, 5) is 14.8. The topological polar surface area (TPSA) is 54.1 Å². The SMILES string of the molecule is O=C(NCCc1ccc2cc[nH]c2c1)OCc1ccccc1. The second kappa shape index (κ2) is 6.80. The summed E-state index contributed by atoms with van der Waals surface area (Å²) in [5, 5.41) is 3.97. The highest BCUT2D eigenvalue weighted by Gasteiger charge is 2.03. The number of carbonyl (C=O) groups is 1. The molecule has 1 aromatic heterocycles. The van der Waals surface area contributed by atoms with Gasteiger partial charge in [0.2, 0.25) is 0 Å². The molecule has 3 rings (SSSR count). The number of H-pyrrole nitrogens is 1. The van der Waals surface area contributed by atoms with Crippen molar-refractivity contribution in [2.45, 2.75) is 13.0 Å². The van der Waals surface area contributed by atoms with E-state index in [1.807, 2.05) is 42.6 Å². The second-order valence-electron chi connectivity index (χ2n) is 5.14. The summed E-state index contributed by atoms with van der Waals surface area (Å²) in [7, 11) is 0. The summed E-state index contributed by atoms with van der Waals surface area (Å²) in [6.45, 7) is 0.848. The number of hydrogen-bond donors (Lipinski definition) is 2. The van der Waals surface area contributed by atoms with Crippen molar-refractivity contribution in [3.8, 4) is 0 Å². The molecule has 2 N–H and O–H groups in total. The smallest absolute Gasteiger partial charge is 0.407 e. The minimum Gasteiger partial charge on any atom is -0.445 e. The third-order valence-electron chi connectivity index (χ3n) is 3.52. The maximum atomic E-state index is 11.6. The Labute approximate surface area is 129 Å². The van der Waals surface area contributed by atoms with E-state index >= 15 is 0 Å². The number of nitrogens with one attached hydrogen (secondary N) is 2. The summed E-state index contributed by atoms with van der Waals surface area (Å²) in [5.74, 6) is 0. The number of aromatic nitrogens is 1. The molecule has 4 nitrogen and oxygen atoms in total. The van der Waals surface area contributed by atoms with Crippen molar-refractivity contribution in [1.29, 1.82) is 0 Å². The highest BCUT2D eigenvalue weighted by atomic mass is 16.5. The molecular weight excluding hydrogens is 276 g/mol. The van der Waals surface area contributed by atoms with Gasteiger partial charge in [0.1, 0.15) is 6.61 Å². The summed E-state index contributed by atoms with van der Waals surface area (Å²) in [6.07, 6.45) is 2.31. The van der Waals surface area contributed by atoms with Crippen LogP contribution in [0.3, 0.4) is 0 Å². The number of carbonyl (C=O) groups excluding carboxylic acids is 1. The van der Waals surface area contributed by atoms with E-state index in [1.54, 1.807) is 0 Å². The zero-order valence-corrected chi connectivity index (χ0v) is 12.2. The third-order valence-corrected chi connectivity index (χ3v) is 3.52. The van der Waals surface area contributed by atoms with E-state index in [1.165, 1.54) is 10.9 Å². The Bertz CT molecular complexity index is 750. The van der Waals surface area contributed by atoms with Crippen molar-refractivity contribution in [1.82, 2.24) is 10.3 Å². The first-order chi connectivity index (χ1) is 10.8. The minimum atomic E-state index is -0.384. The summed E-state index contributed by atoms with van der Waals surface area (Å²) in [6, 6.07) is 17.9. The van der Waals surface area contributed by atoms with Crippen LogP contribution in [-0.2, 0) is 17.8 Å². The van der Waals surface area contributed by atoms with Gasteiger partial charge in [0.05, 0.1) is 0 Å². The van der Waals surface area contributed by atoms with Crippen LogP contribution >= 0.6 is 0 Å². The third kappa shape index (κ3) is 3.67. The lowest BCUT2D eigenvalue weighted by atomic mass is 10.1. The molecule has 0 aliphatic carbocycles. The summed E-state index contributed by atoms with van der Waals surface area (Å²) < 4.78 is 5.17. The zero-order chi connectivity index (χ0) is 15.2. The van der Waals surface area contributed by atoms with Crippen LogP contribution in [0.5, 0.6) is 0 Å². The lowest BCUT2D eigenvalue weighted by Crippen LogP contribution is -2.26. The normalized spacial score (nSPS) is 10.5. The first-order valence-corrected chi connectivity index (χ1v) is 7.32. The van der Waals surface area contributed by atoms with E-state index in [-0.39, 0.29) is 6.09 Å². The molecule has 2 aromatic carbocycles. The lowest BCUT2D eigenvalue weighted by Gasteiger charge is -2.07. The van der Waals surface area contributed by atoms with Gasteiger partial charge in [0.15, 0.2) is 0 Å². The minimum absolute atomic E-state index is 0.293. The van der Waals surface area contributed by atoms with Gasteiger partial charge >= 0.3 is 6.09 Å². The van der Waals surface area contributed by atoms with Crippen molar-refractivity contribution < 1.29 is 9.53 Å². The quantitative estimate of drug-likeness (QED) is 0.755. The van der Waals surface area contributed by atoms with Crippen molar-refractivity contribution in [2.75, 3.05) is 6.54 Å². The molecule has 0 radical (unpaired) electrons. The molecule has 4 heteroatoms. The Morgan fingerprint density at radius 1 is 1.05 bits per heavy atom. The molecule has 0 spiro atoms. The Kier molecular flexibility index (Phi) is 4.39. The fourth-order valence-corrected chi connectivity index (χ4v) is 2.33. The van der Waals surface area contributed by atoms with Crippen molar-refractivity contribution in [2.24, 2.45) is 0 Å². The van der Waals surface area contributed by atoms with E-state index in [2.05, 4.69) is 28.5 Å². The highest BCUT2D eigenvalue weighted by Crippen LogP contribution is 2.14. The number of rotatable bonds is 5. The van der Waals surface area contributed by atoms with Crippen molar-refractivity contribution in [3.05, 3.63) is 71.9 Å². The van der Waals surface area contributed by atoms with Gasteiger partial charge < -0.3 is 15.0 Å². The molecule has 0 fully saturated rings. The molecular formula is C18H18N2O2. The maximum Gasteiger partial charge on any atom is 0.407 e. The predicted octanol–water partition coefficient (Wildman–Crippen LogP) is 3.64. The van der Waals surface area contributed by atoms with E-state index < -0.39 is 0 Å². The fourth-order valence-electron chi connectivity index (χ4n) is 2.33. The highest BCUT2D eigenvalue weighted by molar-refractivity contribution is 5.79. The number of fused-ring (bicyclic) bond motifs is 1. The first-order valence-electron chi connectivity index (χ1n) is 7.32. The van der Waals surface area contributed by atoms with Gasteiger partial charge in [0, 0.05) is 18.3 Å². The van der Waals surface area contributed by atoms with Crippen LogP contribution in [-0.4, -0.2) is 17.6 Å². The van der Waals surface area contributed by atoms with E-state index in [4.69, 9.17) is 4.74 Å². The van der Waals surface area contributed by atoms with Gasteiger partial charge in [-0.3, -0.25) is 0 Å². The van der Waals surface area contributed by atoms with Crippen LogP contribution < -0.4 is 5.32 Å². The molecule has 0 unspecified atom stereocenters. The van der Waals surface area contributed by atoms with Crippen LogP contribution in [0.2, 0.25) is 0 Å². The summed E-state index contributed by atoms with van der Waals surface area (Å²) >= 11 is 0. The number of amides is 1. The van der Waals surface area contributed by atoms with E-state index in [9.17, 15) is 4.79 Å². The van der Waals surface area contributed by atoms with E-state index in [0.29, 0.717) is 13.2 Å². The van der Waals surface area contributed by atoms with Crippen LogP contribution in [0.15, 0.2) is 60.8 Å². The molecule has 0 bridgehead atoms. The van der Waals surface area contributed by atoms with Gasteiger partial charge in [0.25, 0.3) is 0 Å². The molecule has 1 heterocycles. The molecule has 22 heavy (non-hydrogen) atoms. The molecule has 112 valence electrons. The van der Waals surface area contributed by atoms with E-state index in [0.717, 1.165) is 17.5 Å². The van der Waals surface area contributed by atoms with Crippen LogP contribution in [0.1, 0.15) is 11.1 Å². The van der Waals surface area contributed by atoms with Crippen LogP contribution in [0, 0.1) is 0 Å². The largest absolute Gasteiger partial charge is 0.445 e. The number of ether oxygens (including phenoxy) is 1. The van der Waals surface area contributed by atoms with Crippen molar-refractivity contribution >= 4 is 17.0 Å². The van der Waals surface area contributed by atoms with Gasteiger partial charge in [-0.2, -0.15) is 0 Å². The van der Waals surface area contributed by atoms with Gasteiger partial charge in [-0.1, -0.05) is 42.5 Å². The first kappa shape index (κ1) is 14.2. The fraction of sp³-hybridized carbons (Fsp3) is 0.167. The summed E-state index contributed by atoms with van der Waals surface area (Å²) in [5.41, 5.74) is 3.28. The molecule has 0 saturated carbocycles. The van der Waals surface area contributed by atoms with Gasteiger partial charge in [-0.05, 0) is 35.1 Å². The Morgan fingerprint density at radius 3 is 2.77 bits per heavy atom. The molecule has 0 atom stereocenters. The Morgan fingerprint density at radius 2 is 1.91 bits per heavy atom. The number of benzene rings is 2. The number of alkyl carbamates (subject to hydrolysis) is 1. The Balaban J connectivity index is 1.43. The predicted molar refractivity (Wildman–Crippen MR) is 86.6 cm³/mol. The average molecular weight is 294 g/mol. The number of hydrogen-bond acceptors (Lipinski definition) is 2. The Hall–Kier alpha value is -2.75. The molecule has 3 aromatic rings. The van der Waals surface area contributed by atoms with Gasteiger partial charge in [-0.15, -0.1) is 0 Å². The van der Waals surface area contributed by atoms with Gasteiger partial charge in [-0.25, -0.2) is 4.79 Å². The average Bonchev–Trinajstić information content (AvgIpc) is 3.02. The van der Waals surface area contributed by atoms with Crippen LogP contribution in [0.25, 0.3) is 10.9 Å². The standard InChI is InChI=1S/C18H18N2O2/c21-18(22-13-15-4-2-1-3-5-15)20-10-8-14-6-7-16-9-11-19-17(16)12-14/h1-7,9,11-12,19H,8,10,13H2,(H,20,21). The lowest BCUT2D eigenvalue weighted by molar-refractivity contribution is 0.140. The zero-order valence-electron chi connectivity index (χ0n) is 12.2. The van der Waals surface area contributed by atoms with Crippen LogP contribution in [0.4, 0.5) is 4.79 Å². The molecule has 0 aliphatic rings. The monoisotopic (exact) mass is 294 g/mol. The molecule has 0 aliphatic heterocycles.